The summed E-state index contributed by atoms with van der Waals surface area (Å²) in [5.74, 6) is 0.717. The Kier molecular flexibility index (Phi) is 3.33. The molecule has 70 valence electrons. The van der Waals surface area contributed by atoms with Crippen LogP contribution in [0.4, 0.5) is 0 Å². The second-order valence-electron chi connectivity index (χ2n) is 3.95. The number of likely N-dealkylation sites (N-methyl/N-ethyl adjacent to an activating group) is 1. The largest absolute Gasteiger partial charge is 0.297 e. The third-order valence-electron chi connectivity index (χ3n) is 2.90. The average molecular weight is 167 g/mol. The molecule has 0 bridgehead atoms. The Morgan fingerprint density at radius 1 is 1.58 bits per heavy atom. The van der Waals surface area contributed by atoms with Gasteiger partial charge in [0.15, 0.2) is 0 Å². The summed E-state index contributed by atoms with van der Waals surface area (Å²) >= 11 is 0. The summed E-state index contributed by atoms with van der Waals surface area (Å²) in [6.45, 7) is 11.6. The van der Waals surface area contributed by atoms with E-state index in [2.05, 4.69) is 38.7 Å². The zero-order valence-electron chi connectivity index (χ0n) is 8.80. The highest BCUT2D eigenvalue weighted by Gasteiger charge is 2.21. The van der Waals surface area contributed by atoms with Crippen LogP contribution in [0.5, 0.6) is 0 Å². The molecule has 0 aromatic rings. The van der Waals surface area contributed by atoms with Crippen LogP contribution in [0.2, 0.25) is 0 Å². The van der Waals surface area contributed by atoms with Crippen LogP contribution in [0.25, 0.3) is 0 Å². The smallest absolute Gasteiger partial charge is 0.0281 e. The Labute approximate surface area is 76.5 Å². The molecule has 1 aliphatic heterocycles. The van der Waals surface area contributed by atoms with Gasteiger partial charge in [-0.15, -0.1) is 0 Å². The first kappa shape index (κ1) is 9.79. The summed E-state index contributed by atoms with van der Waals surface area (Å²) in [6.07, 6.45) is 3.67. The molecule has 0 spiro atoms. The molecule has 0 amide bonds. The molecule has 1 rings (SSSR count). The van der Waals surface area contributed by atoms with E-state index in [0.29, 0.717) is 12.0 Å². The second kappa shape index (κ2) is 4.08. The van der Waals surface area contributed by atoms with E-state index in [9.17, 15) is 0 Å². The summed E-state index contributed by atoms with van der Waals surface area (Å²) < 4.78 is 0. The molecule has 12 heavy (non-hydrogen) atoms. The summed E-state index contributed by atoms with van der Waals surface area (Å²) in [4.78, 5) is 2.55. The van der Waals surface area contributed by atoms with Gasteiger partial charge in [0, 0.05) is 12.6 Å². The van der Waals surface area contributed by atoms with E-state index in [1.165, 1.54) is 19.5 Å². The average Bonchev–Trinajstić information content (AvgIpc) is 2.04. The summed E-state index contributed by atoms with van der Waals surface area (Å²) in [7, 11) is 0. The van der Waals surface area contributed by atoms with E-state index in [-0.39, 0.29) is 0 Å². The predicted octanol–water partition coefficient (Wildman–Crippen LogP) is 2.68. The van der Waals surface area contributed by atoms with E-state index >= 15 is 0 Å². The summed E-state index contributed by atoms with van der Waals surface area (Å²) in [5, 5.41) is 0. The van der Waals surface area contributed by atoms with Gasteiger partial charge in [-0.05, 0) is 25.8 Å². The molecule has 1 aliphatic rings. The third-order valence-corrected chi connectivity index (χ3v) is 2.90. The number of nitrogens with zero attached hydrogens (tertiary/aromatic N) is 1. The molecule has 0 N–H and O–H groups in total. The minimum atomic E-state index is 0.670. The van der Waals surface area contributed by atoms with E-state index in [1.807, 2.05) is 0 Å². The number of rotatable bonds is 2. The van der Waals surface area contributed by atoms with Gasteiger partial charge in [0.1, 0.15) is 0 Å². The van der Waals surface area contributed by atoms with E-state index in [1.54, 1.807) is 5.57 Å². The van der Waals surface area contributed by atoms with Gasteiger partial charge in [-0.1, -0.05) is 32.4 Å². The number of hydrogen-bond donors (Lipinski definition) is 0. The molecule has 0 radical (unpaired) electrons. The molecule has 0 aliphatic carbocycles. The zero-order chi connectivity index (χ0) is 9.14. The van der Waals surface area contributed by atoms with Crippen molar-refractivity contribution in [3.63, 3.8) is 0 Å². The first-order chi connectivity index (χ1) is 5.66. The maximum absolute atomic E-state index is 2.55. The molecule has 0 aromatic heterocycles. The van der Waals surface area contributed by atoms with Gasteiger partial charge in [-0.3, -0.25) is 4.90 Å². The highest BCUT2D eigenvalue weighted by Crippen LogP contribution is 2.23. The van der Waals surface area contributed by atoms with Crippen LogP contribution in [0, 0.1) is 5.92 Å². The van der Waals surface area contributed by atoms with Crippen molar-refractivity contribution in [1.82, 2.24) is 4.90 Å². The molecule has 0 saturated carbocycles. The van der Waals surface area contributed by atoms with Crippen LogP contribution < -0.4 is 0 Å². The van der Waals surface area contributed by atoms with Gasteiger partial charge in [0.25, 0.3) is 0 Å². The fraction of sp³-hybridized carbons (Fsp3) is 0.818. The van der Waals surface area contributed by atoms with Crippen LogP contribution in [0.15, 0.2) is 11.6 Å². The van der Waals surface area contributed by atoms with Gasteiger partial charge >= 0.3 is 0 Å². The molecule has 1 atom stereocenters. The molecule has 1 heteroatoms. The SMILES string of the molecule is CCN1CCC=C(C(C)C)C1C. The van der Waals surface area contributed by atoms with Crippen molar-refractivity contribution < 1.29 is 0 Å². The Morgan fingerprint density at radius 2 is 2.25 bits per heavy atom. The number of hydrogen-bond acceptors (Lipinski definition) is 1. The van der Waals surface area contributed by atoms with Crippen molar-refractivity contribution in [3.05, 3.63) is 11.6 Å². The van der Waals surface area contributed by atoms with Gasteiger partial charge in [0.05, 0.1) is 0 Å². The molecule has 1 heterocycles. The Balaban J connectivity index is 2.68. The van der Waals surface area contributed by atoms with Crippen molar-refractivity contribution in [2.45, 2.75) is 40.2 Å². The lowest BCUT2D eigenvalue weighted by Gasteiger charge is -2.35. The second-order valence-corrected chi connectivity index (χ2v) is 3.95. The predicted molar refractivity (Wildman–Crippen MR) is 54.2 cm³/mol. The Bertz CT molecular complexity index is 170. The van der Waals surface area contributed by atoms with Crippen molar-refractivity contribution in [2.75, 3.05) is 13.1 Å². The fourth-order valence-corrected chi connectivity index (χ4v) is 2.12. The molecule has 0 saturated heterocycles. The minimum Gasteiger partial charge on any atom is -0.297 e. The first-order valence-corrected chi connectivity index (χ1v) is 5.10. The lowest BCUT2D eigenvalue weighted by Crippen LogP contribution is -2.38. The third kappa shape index (κ3) is 1.89. The normalized spacial score (nSPS) is 26.1. The molecule has 0 fully saturated rings. The lowest BCUT2D eigenvalue weighted by atomic mass is 9.92. The molecule has 1 nitrogen and oxygen atoms in total. The van der Waals surface area contributed by atoms with Gasteiger partial charge in [-0.2, -0.15) is 0 Å². The van der Waals surface area contributed by atoms with Crippen molar-refractivity contribution >= 4 is 0 Å². The monoisotopic (exact) mass is 167 g/mol. The summed E-state index contributed by atoms with van der Waals surface area (Å²) in [5.41, 5.74) is 1.63. The van der Waals surface area contributed by atoms with Gasteiger partial charge < -0.3 is 0 Å². The van der Waals surface area contributed by atoms with E-state index in [0.717, 1.165) is 0 Å². The van der Waals surface area contributed by atoms with Crippen LogP contribution >= 0.6 is 0 Å². The van der Waals surface area contributed by atoms with Crippen molar-refractivity contribution in [2.24, 2.45) is 5.92 Å². The van der Waals surface area contributed by atoms with Crippen LogP contribution in [-0.2, 0) is 0 Å². The molecule has 1 unspecified atom stereocenters. The van der Waals surface area contributed by atoms with Gasteiger partial charge in [-0.25, -0.2) is 0 Å². The quantitative estimate of drug-likeness (QED) is 0.572. The highest BCUT2D eigenvalue weighted by molar-refractivity contribution is 5.15. The Morgan fingerprint density at radius 3 is 2.75 bits per heavy atom. The van der Waals surface area contributed by atoms with Crippen molar-refractivity contribution in [3.8, 4) is 0 Å². The molecular formula is C11H21N. The maximum atomic E-state index is 2.55. The van der Waals surface area contributed by atoms with Crippen LogP contribution in [0.1, 0.15) is 34.1 Å². The molecular weight excluding hydrogens is 146 g/mol. The standard InChI is InChI=1S/C11H21N/c1-5-12-8-6-7-11(9(2)3)10(12)4/h7,9-10H,5-6,8H2,1-4H3. The Hall–Kier alpha value is -0.300. The maximum Gasteiger partial charge on any atom is 0.0281 e. The molecule has 0 aromatic carbocycles. The van der Waals surface area contributed by atoms with Crippen LogP contribution in [-0.4, -0.2) is 24.0 Å². The topological polar surface area (TPSA) is 3.24 Å². The zero-order valence-corrected chi connectivity index (χ0v) is 8.80. The van der Waals surface area contributed by atoms with Gasteiger partial charge in [0.2, 0.25) is 0 Å². The lowest BCUT2D eigenvalue weighted by molar-refractivity contribution is 0.227. The van der Waals surface area contributed by atoms with E-state index in [4.69, 9.17) is 0 Å². The highest BCUT2D eigenvalue weighted by atomic mass is 15.1. The first-order valence-electron chi connectivity index (χ1n) is 5.10. The minimum absolute atomic E-state index is 0.670. The van der Waals surface area contributed by atoms with Crippen LogP contribution in [0.3, 0.4) is 0 Å². The fourth-order valence-electron chi connectivity index (χ4n) is 2.12. The van der Waals surface area contributed by atoms with Crippen molar-refractivity contribution in [1.29, 1.82) is 0 Å². The summed E-state index contributed by atoms with van der Waals surface area (Å²) in [6, 6.07) is 0.670. The van der Waals surface area contributed by atoms with E-state index < -0.39 is 0 Å².